The Morgan fingerprint density at radius 1 is 1.28 bits per heavy atom. The van der Waals surface area contributed by atoms with E-state index in [0.717, 1.165) is 17.5 Å². The standard InChI is InChI=1S/C11H17NO3S.C2H6/c1-7(2)10-8(3)6-9(16(5,13)14)11(12-10)15-4;1-2/h6-7H,1-5H3;1-2H3. The Morgan fingerprint density at radius 3 is 2.11 bits per heavy atom. The van der Waals surface area contributed by atoms with Crippen LogP contribution in [0.4, 0.5) is 0 Å². The van der Waals surface area contributed by atoms with Gasteiger partial charge in [0.05, 0.1) is 7.11 Å². The maximum absolute atomic E-state index is 11.5. The van der Waals surface area contributed by atoms with E-state index in [2.05, 4.69) is 4.98 Å². The van der Waals surface area contributed by atoms with Crippen LogP contribution in [0.25, 0.3) is 0 Å². The predicted molar refractivity (Wildman–Crippen MR) is 74.1 cm³/mol. The van der Waals surface area contributed by atoms with Gasteiger partial charge >= 0.3 is 0 Å². The number of nitrogens with zero attached hydrogens (tertiary/aromatic N) is 1. The van der Waals surface area contributed by atoms with Gasteiger partial charge in [0.2, 0.25) is 5.88 Å². The summed E-state index contributed by atoms with van der Waals surface area (Å²) < 4.78 is 28.1. The van der Waals surface area contributed by atoms with Gasteiger partial charge in [-0.3, -0.25) is 0 Å². The summed E-state index contributed by atoms with van der Waals surface area (Å²) in [6.45, 7) is 9.88. The van der Waals surface area contributed by atoms with Crippen LogP contribution in [0, 0.1) is 6.92 Å². The van der Waals surface area contributed by atoms with Crippen LogP contribution in [-0.4, -0.2) is 26.8 Å². The van der Waals surface area contributed by atoms with Gasteiger partial charge in [-0.1, -0.05) is 27.7 Å². The molecule has 0 saturated heterocycles. The zero-order valence-electron chi connectivity index (χ0n) is 12.2. The summed E-state index contributed by atoms with van der Waals surface area (Å²) in [7, 11) is -1.87. The molecule has 0 saturated carbocycles. The number of aryl methyl sites for hydroxylation is 1. The molecule has 0 bridgehead atoms. The van der Waals surface area contributed by atoms with Crippen LogP contribution in [-0.2, 0) is 9.84 Å². The summed E-state index contributed by atoms with van der Waals surface area (Å²) in [4.78, 5) is 4.41. The molecule has 104 valence electrons. The number of rotatable bonds is 3. The Bertz CT molecular complexity index is 493. The number of hydrogen-bond acceptors (Lipinski definition) is 4. The second kappa shape index (κ2) is 6.73. The number of sulfone groups is 1. The summed E-state index contributed by atoms with van der Waals surface area (Å²) in [6, 6.07) is 1.62. The molecule has 0 aliphatic heterocycles. The van der Waals surface area contributed by atoms with E-state index in [-0.39, 0.29) is 16.7 Å². The van der Waals surface area contributed by atoms with E-state index in [4.69, 9.17) is 4.74 Å². The average Bonchev–Trinajstić information content (AvgIpc) is 2.29. The molecule has 0 N–H and O–H groups in total. The third-order valence-corrected chi connectivity index (χ3v) is 3.42. The van der Waals surface area contributed by atoms with Crippen LogP contribution in [0.15, 0.2) is 11.0 Å². The zero-order valence-corrected chi connectivity index (χ0v) is 13.1. The van der Waals surface area contributed by atoms with Crippen LogP contribution in [0.3, 0.4) is 0 Å². The Hall–Kier alpha value is -1.10. The highest BCUT2D eigenvalue weighted by Crippen LogP contribution is 2.27. The number of pyridine rings is 1. The highest BCUT2D eigenvalue weighted by atomic mass is 32.2. The fourth-order valence-electron chi connectivity index (χ4n) is 1.58. The van der Waals surface area contributed by atoms with Gasteiger partial charge in [-0.2, -0.15) is 0 Å². The third kappa shape index (κ3) is 3.98. The smallest absolute Gasteiger partial charge is 0.232 e. The van der Waals surface area contributed by atoms with Crippen LogP contribution < -0.4 is 4.74 Å². The topological polar surface area (TPSA) is 56.3 Å². The van der Waals surface area contributed by atoms with E-state index in [9.17, 15) is 8.42 Å². The molecule has 0 radical (unpaired) electrons. The molecule has 0 atom stereocenters. The van der Waals surface area contributed by atoms with Gasteiger partial charge in [-0.15, -0.1) is 0 Å². The van der Waals surface area contributed by atoms with Crippen molar-refractivity contribution in [3.05, 3.63) is 17.3 Å². The maximum Gasteiger partial charge on any atom is 0.232 e. The van der Waals surface area contributed by atoms with E-state index < -0.39 is 9.84 Å². The number of methoxy groups -OCH3 is 1. The molecule has 1 rings (SSSR count). The zero-order chi connectivity index (χ0) is 14.5. The molecule has 0 spiro atoms. The fourth-order valence-corrected chi connectivity index (χ4v) is 2.42. The molecule has 0 aliphatic carbocycles. The summed E-state index contributed by atoms with van der Waals surface area (Å²) in [5, 5.41) is 0. The largest absolute Gasteiger partial charge is 0.480 e. The Kier molecular flexibility index (Phi) is 6.32. The minimum atomic E-state index is -3.30. The molecular formula is C13H23NO3S. The van der Waals surface area contributed by atoms with E-state index in [1.54, 1.807) is 6.07 Å². The highest BCUT2D eigenvalue weighted by Gasteiger charge is 2.19. The van der Waals surface area contributed by atoms with Crippen molar-refractivity contribution in [1.82, 2.24) is 4.98 Å². The highest BCUT2D eigenvalue weighted by molar-refractivity contribution is 7.90. The summed E-state index contributed by atoms with van der Waals surface area (Å²) in [5.74, 6) is 0.416. The Morgan fingerprint density at radius 2 is 1.78 bits per heavy atom. The molecule has 0 aliphatic rings. The first-order chi connectivity index (χ1) is 8.27. The fraction of sp³-hybridized carbons (Fsp3) is 0.615. The molecular weight excluding hydrogens is 250 g/mol. The molecule has 18 heavy (non-hydrogen) atoms. The van der Waals surface area contributed by atoms with Crippen LogP contribution in [0.1, 0.15) is 44.9 Å². The normalized spacial score (nSPS) is 10.9. The number of ether oxygens (including phenoxy) is 1. The van der Waals surface area contributed by atoms with Crippen LogP contribution in [0.5, 0.6) is 5.88 Å². The quantitative estimate of drug-likeness (QED) is 0.849. The van der Waals surface area contributed by atoms with E-state index in [1.165, 1.54) is 7.11 Å². The van der Waals surface area contributed by atoms with Crippen molar-refractivity contribution in [3.8, 4) is 5.88 Å². The van der Waals surface area contributed by atoms with Crippen molar-refractivity contribution >= 4 is 9.84 Å². The molecule has 1 aromatic rings. The first kappa shape index (κ1) is 16.9. The van der Waals surface area contributed by atoms with Crippen molar-refractivity contribution in [1.29, 1.82) is 0 Å². The van der Waals surface area contributed by atoms with E-state index in [1.807, 2.05) is 34.6 Å². The lowest BCUT2D eigenvalue weighted by molar-refractivity contribution is 0.382. The van der Waals surface area contributed by atoms with Gasteiger partial charge in [0.1, 0.15) is 4.90 Å². The van der Waals surface area contributed by atoms with Gasteiger partial charge in [-0.25, -0.2) is 13.4 Å². The lowest BCUT2D eigenvalue weighted by Gasteiger charge is -2.13. The Balaban J connectivity index is 0.00000137. The second-order valence-electron chi connectivity index (χ2n) is 4.12. The molecule has 0 unspecified atom stereocenters. The summed E-state index contributed by atoms with van der Waals surface area (Å²) >= 11 is 0. The van der Waals surface area contributed by atoms with Gasteiger partial charge in [0, 0.05) is 11.9 Å². The molecule has 0 fully saturated rings. The predicted octanol–water partition coefficient (Wildman–Crippen LogP) is 2.95. The minimum Gasteiger partial charge on any atom is -0.480 e. The first-order valence-electron chi connectivity index (χ1n) is 6.03. The maximum atomic E-state index is 11.5. The third-order valence-electron chi connectivity index (χ3n) is 2.32. The van der Waals surface area contributed by atoms with Crippen LogP contribution >= 0.6 is 0 Å². The monoisotopic (exact) mass is 273 g/mol. The van der Waals surface area contributed by atoms with Crippen molar-refractivity contribution in [3.63, 3.8) is 0 Å². The van der Waals surface area contributed by atoms with E-state index in [0.29, 0.717) is 0 Å². The molecule has 4 nitrogen and oxygen atoms in total. The van der Waals surface area contributed by atoms with Gasteiger partial charge < -0.3 is 4.74 Å². The molecule has 0 amide bonds. The van der Waals surface area contributed by atoms with Crippen molar-refractivity contribution in [2.24, 2.45) is 0 Å². The second-order valence-corrected chi connectivity index (χ2v) is 6.11. The molecule has 1 aromatic heterocycles. The van der Waals surface area contributed by atoms with Gasteiger partial charge in [0.15, 0.2) is 9.84 Å². The molecule has 0 aromatic carbocycles. The summed E-state index contributed by atoms with van der Waals surface area (Å²) in [5.41, 5.74) is 1.74. The Labute approximate surface area is 110 Å². The lowest BCUT2D eigenvalue weighted by Crippen LogP contribution is -2.07. The van der Waals surface area contributed by atoms with Crippen LogP contribution in [0.2, 0.25) is 0 Å². The summed E-state index contributed by atoms with van der Waals surface area (Å²) in [6.07, 6.45) is 1.15. The number of hydrogen-bond donors (Lipinski definition) is 0. The lowest BCUT2D eigenvalue weighted by atomic mass is 10.1. The molecule has 5 heteroatoms. The average molecular weight is 273 g/mol. The van der Waals surface area contributed by atoms with Crippen molar-refractivity contribution < 1.29 is 13.2 Å². The first-order valence-corrected chi connectivity index (χ1v) is 7.92. The number of aromatic nitrogens is 1. The van der Waals surface area contributed by atoms with E-state index >= 15 is 0 Å². The van der Waals surface area contributed by atoms with Gasteiger partial charge in [-0.05, 0) is 24.5 Å². The van der Waals surface area contributed by atoms with Gasteiger partial charge in [0.25, 0.3) is 0 Å². The van der Waals surface area contributed by atoms with Crippen molar-refractivity contribution in [2.75, 3.05) is 13.4 Å². The SMILES string of the molecule is CC.COc1nc(C(C)C)c(C)cc1S(C)(=O)=O. The molecule has 1 heterocycles. The minimum absolute atomic E-state index is 0.150. The van der Waals surface area contributed by atoms with Crippen molar-refractivity contribution in [2.45, 2.75) is 45.4 Å².